The molecular weight excluding hydrogens is 352 g/mol. The highest BCUT2D eigenvalue weighted by Crippen LogP contribution is 2.36. The number of halogens is 2. The normalized spacial score (nSPS) is 12.3. The van der Waals surface area contributed by atoms with Crippen LogP contribution in [0.3, 0.4) is 0 Å². The zero-order valence-corrected chi connectivity index (χ0v) is 15.7. The second-order valence-corrected chi connectivity index (χ2v) is 9.45. The second kappa shape index (κ2) is 6.76. The molecule has 1 N–H and O–H groups in total. The molecule has 2 rings (SSSR count). The monoisotopic (exact) mass is 371 g/mol. The average molecular weight is 371 g/mol. The molecule has 130 valence electrons. The molecule has 1 amide bonds. The molecule has 0 spiro atoms. The highest BCUT2D eigenvalue weighted by Gasteiger charge is 2.31. The van der Waals surface area contributed by atoms with Gasteiger partial charge >= 0.3 is 0 Å². The van der Waals surface area contributed by atoms with E-state index in [1.807, 2.05) is 20.8 Å². The third-order valence-electron chi connectivity index (χ3n) is 3.09. The number of amides is 1. The van der Waals surface area contributed by atoms with Gasteiger partial charge in [0.05, 0.1) is 4.75 Å². The molecule has 0 radical (unpaired) electrons. The summed E-state index contributed by atoms with van der Waals surface area (Å²) in [7, 11) is 0. The molecule has 0 aliphatic rings. The van der Waals surface area contributed by atoms with Gasteiger partial charge < -0.3 is 0 Å². The summed E-state index contributed by atoms with van der Waals surface area (Å²) in [5.74, 6) is -1.66. The lowest BCUT2D eigenvalue weighted by Gasteiger charge is -2.22. The van der Waals surface area contributed by atoms with Gasteiger partial charge in [0.15, 0.2) is 0 Å². The predicted octanol–water partition coefficient (Wildman–Crippen LogP) is 4.62. The molecule has 1 aromatic carbocycles. The number of thioether (sulfide) groups is 1. The van der Waals surface area contributed by atoms with Gasteiger partial charge in [-0.15, -0.1) is 22.0 Å². The number of carbonyl (C=O) groups excluding carboxylic acids is 1. The summed E-state index contributed by atoms with van der Waals surface area (Å²) < 4.78 is 25.8. The summed E-state index contributed by atoms with van der Waals surface area (Å²) in [6, 6.07) is 3.30. The Balaban J connectivity index is 2.11. The zero-order valence-electron chi connectivity index (χ0n) is 14.1. The number of aromatic nitrogens is 2. The van der Waals surface area contributed by atoms with E-state index in [0.29, 0.717) is 5.13 Å². The molecule has 0 aliphatic carbocycles. The van der Waals surface area contributed by atoms with Gasteiger partial charge in [-0.3, -0.25) is 10.1 Å². The van der Waals surface area contributed by atoms with Crippen LogP contribution < -0.4 is 5.32 Å². The van der Waals surface area contributed by atoms with Crippen molar-refractivity contribution in [2.24, 2.45) is 0 Å². The van der Waals surface area contributed by atoms with E-state index in [0.717, 1.165) is 22.8 Å². The lowest BCUT2D eigenvalue weighted by molar-refractivity contribution is -0.117. The van der Waals surface area contributed by atoms with Crippen molar-refractivity contribution in [3.05, 3.63) is 34.8 Å². The Labute approximate surface area is 148 Å². The molecule has 0 atom stereocenters. The van der Waals surface area contributed by atoms with Crippen molar-refractivity contribution < 1.29 is 13.6 Å². The minimum absolute atomic E-state index is 0.151. The van der Waals surface area contributed by atoms with Gasteiger partial charge in [0, 0.05) is 16.4 Å². The minimum atomic E-state index is -0.966. The van der Waals surface area contributed by atoms with E-state index >= 15 is 0 Å². The molecule has 0 saturated heterocycles. The van der Waals surface area contributed by atoms with Crippen LogP contribution in [0.5, 0.6) is 0 Å². The molecule has 0 saturated carbocycles. The van der Waals surface area contributed by atoms with Crippen LogP contribution in [0.15, 0.2) is 23.1 Å². The number of carbonyl (C=O) groups is 1. The van der Waals surface area contributed by atoms with E-state index in [-0.39, 0.29) is 16.2 Å². The predicted molar refractivity (Wildman–Crippen MR) is 93.5 cm³/mol. The van der Waals surface area contributed by atoms with E-state index in [9.17, 15) is 13.6 Å². The van der Waals surface area contributed by atoms with Gasteiger partial charge in [-0.25, -0.2) is 8.78 Å². The quantitative estimate of drug-likeness (QED) is 0.797. The fourth-order valence-electron chi connectivity index (χ4n) is 1.70. The van der Waals surface area contributed by atoms with Crippen LogP contribution in [0.4, 0.5) is 13.9 Å². The molecule has 8 heteroatoms. The van der Waals surface area contributed by atoms with Crippen molar-refractivity contribution in [1.82, 2.24) is 10.2 Å². The number of rotatable bonds is 4. The molecule has 2 aromatic rings. The van der Waals surface area contributed by atoms with Gasteiger partial charge in [0.25, 0.3) is 0 Å². The Kier molecular flexibility index (Phi) is 5.29. The van der Waals surface area contributed by atoms with Crippen molar-refractivity contribution in [2.75, 3.05) is 5.32 Å². The van der Waals surface area contributed by atoms with Crippen LogP contribution in [0.2, 0.25) is 0 Å². The summed E-state index contributed by atoms with van der Waals surface area (Å²) in [5.41, 5.74) is -0.151. The summed E-state index contributed by atoms with van der Waals surface area (Å²) in [5, 5.41) is 12.0. The number of hydrogen-bond donors (Lipinski definition) is 1. The summed E-state index contributed by atoms with van der Waals surface area (Å²) in [6.07, 6.45) is 0. The maximum absolute atomic E-state index is 13.8. The van der Waals surface area contributed by atoms with Crippen molar-refractivity contribution in [1.29, 1.82) is 0 Å². The summed E-state index contributed by atoms with van der Waals surface area (Å²) in [4.78, 5) is 12.7. The molecule has 24 heavy (non-hydrogen) atoms. The molecule has 0 fully saturated rings. The Bertz CT molecular complexity index is 754. The number of nitrogens with zero attached hydrogens (tertiary/aromatic N) is 2. The minimum Gasteiger partial charge on any atom is -0.299 e. The maximum atomic E-state index is 13.8. The van der Waals surface area contributed by atoms with E-state index in [4.69, 9.17) is 0 Å². The average Bonchev–Trinajstić information content (AvgIpc) is 2.90. The van der Waals surface area contributed by atoms with E-state index < -0.39 is 16.4 Å². The van der Waals surface area contributed by atoms with Gasteiger partial charge in [-0.1, -0.05) is 32.1 Å². The number of anilines is 1. The summed E-state index contributed by atoms with van der Waals surface area (Å²) in [6.45, 7) is 9.37. The highest BCUT2D eigenvalue weighted by molar-refractivity contribution is 8.01. The fourth-order valence-corrected chi connectivity index (χ4v) is 3.49. The molecule has 0 unspecified atom stereocenters. The SMILES string of the molecule is CC(C)(Sc1ccc(F)cc1F)C(=O)Nc1nnc(C(C)(C)C)s1. The third-order valence-corrected chi connectivity index (χ3v) is 5.60. The largest absolute Gasteiger partial charge is 0.299 e. The van der Waals surface area contributed by atoms with Crippen LogP contribution in [-0.4, -0.2) is 20.9 Å². The molecule has 4 nitrogen and oxygen atoms in total. The molecule has 0 bridgehead atoms. The number of nitrogens with one attached hydrogen (secondary N) is 1. The number of benzene rings is 1. The first-order chi connectivity index (χ1) is 11.0. The van der Waals surface area contributed by atoms with Crippen molar-refractivity contribution in [3.8, 4) is 0 Å². The second-order valence-electron chi connectivity index (χ2n) is 6.80. The van der Waals surface area contributed by atoms with Crippen LogP contribution in [0, 0.1) is 11.6 Å². The van der Waals surface area contributed by atoms with E-state index in [1.165, 1.54) is 23.5 Å². The van der Waals surface area contributed by atoms with Crippen LogP contribution in [0.25, 0.3) is 0 Å². The van der Waals surface area contributed by atoms with Crippen LogP contribution in [0.1, 0.15) is 39.6 Å². The lowest BCUT2D eigenvalue weighted by atomic mass is 9.98. The standard InChI is InChI=1S/C16H19F2N3OS2/c1-15(2,3)13-20-21-14(23-13)19-12(22)16(4,5)24-11-7-6-9(17)8-10(11)18/h6-8H,1-5H3,(H,19,21,22). The van der Waals surface area contributed by atoms with Gasteiger partial charge in [-0.05, 0) is 26.0 Å². The van der Waals surface area contributed by atoms with Crippen molar-refractivity contribution >= 4 is 34.1 Å². The fraction of sp³-hybridized carbons (Fsp3) is 0.438. The van der Waals surface area contributed by atoms with Gasteiger partial charge in [0.1, 0.15) is 16.6 Å². The molecule has 1 aromatic heterocycles. The molecule has 1 heterocycles. The topological polar surface area (TPSA) is 54.9 Å². The van der Waals surface area contributed by atoms with Crippen molar-refractivity contribution in [2.45, 2.75) is 49.7 Å². The maximum Gasteiger partial charge on any atom is 0.242 e. The molecular formula is C16H19F2N3OS2. The van der Waals surface area contributed by atoms with Crippen molar-refractivity contribution in [3.63, 3.8) is 0 Å². The number of hydrogen-bond acceptors (Lipinski definition) is 5. The Morgan fingerprint density at radius 1 is 1.17 bits per heavy atom. The first-order valence-electron chi connectivity index (χ1n) is 7.28. The first kappa shape index (κ1) is 18.8. The molecule has 0 aliphatic heterocycles. The Hall–Kier alpha value is -1.54. The smallest absolute Gasteiger partial charge is 0.242 e. The zero-order chi connectivity index (χ0) is 18.1. The van der Waals surface area contributed by atoms with Gasteiger partial charge in [0.2, 0.25) is 11.0 Å². The Morgan fingerprint density at radius 2 is 1.83 bits per heavy atom. The third kappa shape index (κ3) is 4.51. The summed E-state index contributed by atoms with van der Waals surface area (Å²) >= 11 is 2.33. The van der Waals surface area contributed by atoms with Gasteiger partial charge in [-0.2, -0.15) is 0 Å². The van der Waals surface area contributed by atoms with E-state index in [1.54, 1.807) is 13.8 Å². The Morgan fingerprint density at radius 3 is 2.38 bits per heavy atom. The lowest BCUT2D eigenvalue weighted by Crippen LogP contribution is -2.34. The first-order valence-corrected chi connectivity index (χ1v) is 8.92. The van der Waals surface area contributed by atoms with Crippen LogP contribution >= 0.6 is 23.1 Å². The van der Waals surface area contributed by atoms with E-state index in [2.05, 4.69) is 15.5 Å². The highest BCUT2D eigenvalue weighted by atomic mass is 32.2. The van der Waals surface area contributed by atoms with Crippen LogP contribution in [-0.2, 0) is 10.2 Å².